The van der Waals surface area contributed by atoms with Crippen molar-refractivity contribution in [3.63, 3.8) is 0 Å². The number of benzene rings is 1. The van der Waals surface area contributed by atoms with Crippen molar-refractivity contribution in [1.82, 2.24) is 4.98 Å². The van der Waals surface area contributed by atoms with Gasteiger partial charge in [-0.15, -0.1) is 0 Å². The van der Waals surface area contributed by atoms with Gasteiger partial charge in [0.15, 0.2) is 5.75 Å². The summed E-state index contributed by atoms with van der Waals surface area (Å²) in [4.78, 5) is 14.8. The van der Waals surface area contributed by atoms with Crippen LogP contribution in [-0.2, 0) is 4.79 Å². The third kappa shape index (κ3) is 2.71. The van der Waals surface area contributed by atoms with Gasteiger partial charge in [0, 0.05) is 29.6 Å². The topological polar surface area (TPSA) is 68.1 Å². The van der Waals surface area contributed by atoms with E-state index < -0.39 is 0 Å². The lowest BCUT2D eigenvalue weighted by Crippen LogP contribution is -2.27. The minimum Gasteiger partial charge on any atom is -0.424 e. The number of carbonyl (C=O) groups is 1. The number of nitrogens with one attached hydrogen (secondary N) is 1. The Bertz CT molecular complexity index is 545. The van der Waals surface area contributed by atoms with E-state index in [0.717, 1.165) is 10.9 Å². The Hall–Kier alpha value is -1.81. The van der Waals surface area contributed by atoms with E-state index in [0.29, 0.717) is 12.2 Å². The molecule has 0 spiro atoms. The first-order chi connectivity index (χ1) is 8.58. The van der Waals surface area contributed by atoms with E-state index >= 15 is 0 Å². The Morgan fingerprint density at radius 1 is 1.39 bits per heavy atom. The van der Waals surface area contributed by atoms with Crippen LogP contribution in [0.3, 0.4) is 0 Å². The van der Waals surface area contributed by atoms with E-state index in [9.17, 15) is 4.79 Å². The predicted octanol–water partition coefficient (Wildman–Crippen LogP) is 2.45. The van der Waals surface area contributed by atoms with Crippen molar-refractivity contribution in [2.45, 2.75) is 26.3 Å². The van der Waals surface area contributed by atoms with Gasteiger partial charge >= 0.3 is 5.97 Å². The largest absolute Gasteiger partial charge is 0.424 e. The third-order valence-electron chi connectivity index (χ3n) is 3.16. The number of hydrogen-bond acceptors (Lipinski definition) is 3. The number of esters is 1. The van der Waals surface area contributed by atoms with Crippen LogP contribution in [0.1, 0.15) is 20.3 Å². The molecule has 0 aliphatic carbocycles. The maximum atomic E-state index is 11.8. The smallest absolute Gasteiger partial charge is 0.311 e. The van der Waals surface area contributed by atoms with Crippen molar-refractivity contribution in [3.8, 4) is 5.75 Å². The lowest BCUT2D eigenvalue weighted by atomic mass is 10.0. The Labute approximate surface area is 106 Å². The van der Waals surface area contributed by atoms with E-state index in [4.69, 9.17) is 10.5 Å². The van der Waals surface area contributed by atoms with Crippen LogP contribution >= 0.6 is 0 Å². The second kappa shape index (κ2) is 5.23. The molecule has 2 rings (SSSR count). The van der Waals surface area contributed by atoms with Crippen molar-refractivity contribution >= 4 is 16.9 Å². The van der Waals surface area contributed by atoms with Crippen molar-refractivity contribution in [2.24, 2.45) is 11.7 Å². The molecule has 0 radical (unpaired) electrons. The van der Waals surface area contributed by atoms with Crippen LogP contribution in [-0.4, -0.2) is 17.0 Å². The lowest BCUT2D eigenvalue weighted by Gasteiger charge is -2.13. The molecule has 0 bridgehead atoms. The summed E-state index contributed by atoms with van der Waals surface area (Å²) in [5.74, 6) is 0.444. The molecule has 1 aromatic carbocycles. The van der Waals surface area contributed by atoms with Crippen LogP contribution in [0, 0.1) is 5.92 Å². The SMILES string of the molecule is CC(N)C(C)CC(=O)Oc1c[nH]c2ccccc12. The summed E-state index contributed by atoms with van der Waals surface area (Å²) in [5.41, 5.74) is 6.69. The molecule has 18 heavy (non-hydrogen) atoms. The second-order valence-corrected chi connectivity index (χ2v) is 4.71. The van der Waals surface area contributed by atoms with Gasteiger partial charge in [-0.05, 0) is 25.0 Å². The van der Waals surface area contributed by atoms with E-state index in [1.807, 2.05) is 38.1 Å². The van der Waals surface area contributed by atoms with Gasteiger partial charge in [0.05, 0.1) is 0 Å². The average Bonchev–Trinajstić information content (AvgIpc) is 2.72. The summed E-state index contributed by atoms with van der Waals surface area (Å²) >= 11 is 0. The first kappa shape index (κ1) is 12.6. The van der Waals surface area contributed by atoms with Gasteiger partial charge in [-0.25, -0.2) is 0 Å². The number of para-hydroxylation sites is 1. The number of aromatic amines is 1. The minimum absolute atomic E-state index is 0.0134. The summed E-state index contributed by atoms with van der Waals surface area (Å²) in [6, 6.07) is 7.70. The monoisotopic (exact) mass is 246 g/mol. The Morgan fingerprint density at radius 3 is 2.83 bits per heavy atom. The van der Waals surface area contributed by atoms with Gasteiger partial charge in [-0.3, -0.25) is 4.79 Å². The molecule has 1 heterocycles. The molecule has 3 N–H and O–H groups in total. The molecule has 0 amide bonds. The molecule has 4 nitrogen and oxygen atoms in total. The van der Waals surface area contributed by atoms with Crippen LogP contribution in [0.4, 0.5) is 0 Å². The van der Waals surface area contributed by atoms with Crippen LogP contribution in [0.2, 0.25) is 0 Å². The fraction of sp³-hybridized carbons (Fsp3) is 0.357. The minimum atomic E-state index is -0.246. The zero-order valence-electron chi connectivity index (χ0n) is 10.6. The van der Waals surface area contributed by atoms with Gasteiger partial charge in [-0.2, -0.15) is 0 Å². The molecule has 2 unspecified atom stereocenters. The molecule has 0 aliphatic rings. The molecule has 0 aliphatic heterocycles. The van der Waals surface area contributed by atoms with Crippen LogP contribution in [0.25, 0.3) is 10.9 Å². The highest BCUT2D eigenvalue weighted by Gasteiger charge is 2.15. The lowest BCUT2D eigenvalue weighted by molar-refractivity contribution is -0.135. The highest BCUT2D eigenvalue weighted by molar-refractivity contribution is 5.88. The summed E-state index contributed by atoms with van der Waals surface area (Å²) < 4.78 is 5.36. The van der Waals surface area contributed by atoms with E-state index in [-0.39, 0.29) is 17.9 Å². The first-order valence-electron chi connectivity index (χ1n) is 6.10. The summed E-state index contributed by atoms with van der Waals surface area (Å²) in [7, 11) is 0. The van der Waals surface area contributed by atoms with Crippen molar-refractivity contribution < 1.29 is 9.53 Å². The zero-order chi connectivity index (χ0) is 13.1. The molecular formula is C14H18N2O2. The fourth-order valence-electron chi connectivity index (χ4n) is 1.74. The number of ether oxygens (including phenoxy) is 1. The molecule has 2 atom stereocenters. The molecule has 4 heteroatoms. The molecule has 0 saturated heterocycles. The Morgan fingerprint density at radius 2 is 2.11 bits per heavy atom. The Balaban J connectivity index is 2.07. The zero-order valence-corrected chi connectivity index (χ0v) is 10.6. The van der Waals surface area contributed by atoms with Crippen LogP contribution < -0.4 is 10.5 Å². The average molecular weight is 246 g/mol. The van der Waals surface area contributed by atoms with E-state index in [2.05, 4.69) is 4.98 Å². The number of aromatic nitrogens is 1. The maximum absolute atomic E-state index is 11.8. The van der Waals surface area contributed by atoms with Gasteiger partial charge in [0.25, 0.3) is 0 Å². The van der Waals surface area contributed by atoms with Gasteiger partial charge in [-0.1, -0.05) is 19.1 Å². The standard InChI is InChI=1S/C14H18N2O2/c1-9(10(2)15)7-14(17)18-13-8-16-12-6-4-3-5-11(12)13/h3-6,8-10,16H,7,15H2,1-2H3. The number of carbonyl (C=O) groups excluding carboxylic acids is 1. The first-order valence-corrected chi connectivity index (χ1v) is 6.10. The fourth-order valence-corrected chi connectivity index (χ4v) is 1.74. The summed E-state index contributed by atoms with van der Waals surface area (Å²) in [6.45, 7) is 3.84. The summed E-state index contributed by atoms with van der Waals surface area (Å²) in [6.07, 6.45) is 2.04. The van der Waals surface area contributed by atoms with Gasteiger partial charge in [0.1, 0.15) is 0 Å². The normalized spacial score (nSPS) is 14.4. The van der Waals surface area contributed by atoms with E-state index in [1.54, 1.807) is 6.20 Å². The van der Waals surface area contributed by atoms with Crippen LogP contribution in [0.5, 0.6) is 5.75 Å². The highest BCUT2D eigenvalue weighted by Crippen LogP contribution is 2.25. The number of H-pyrrole nitrogens is 1. The van der Waals surface area contributed by atoms with Crippen molar-refractivity contribution in [1.29, 1.82) is 0 Å². The van der Waals surface area contributed by atoms with Crippen LogP contribution in [0.15, 0.2) is 30.5 Å². The Kier molecular flexibility index (Phi) is 3.67. The predicted molar refractivity (Wildman–Crippen MR) is 71.4 cm³/mol. The van der Waals surface area contributed by atoms with Gasteiger partial charge < -0.3 is 15.5 Å². The number of hydrogen-bond donors (Lipinski definition) is 2. The van der Waals surface area contributed by atoms with Crippen molar-refractivity contribution in [2.75, 3.05) is 0 Å². The highest BCUT2D eigenvalue weighted by atomic mass is 16.5. The van der Waals surface area contributed by atoms with Crippen molar-refractivity contribution in [3.05, 3.63) is 30.5 Å². The maximum Gasteiger partial charge on any atom is 0.311 e. The third-order valence-corrected chi connectivity index (χ3v) is 3.16. The molecule has 1 aromatic heterocycles. The quantitative estimate of drug-likeness (QED) is 0.814. The molecule has 96 valence electrons. The second-order valence-electron chi connectivity index (χ2n) is 4.71. The number of fused-ring (bicyclic) bond motifs is 1. The summed E-state index contributed by atoms with van der Waals surface area (Å²) in [5, 5.41) is 0.916. The molecule has 0 saturated carbocycles. The molecular weight excluding hydrogens is 228 g/mol. The molecule has 0 fully saturated rings. The number of nitrogens with two attached hydrogens (primary N) is 1. The molecule has 2 aromatic rings. The van der Waals surface area contributed by atoms with E-state index in [1.165, 1.54) is 0 Å². The number of rotatable bonds is 4. The van der Waals surface area contributed by atoms with Gasteiger partial charge in [0.2, 0.25) is 0 Å².